The quantitative estimate of drug-likeness (QED) is 0.431. The second kappa shape index (κ2) is 8.96. The molecule has 0 unspecified atom stereocenters. The van der Waals surface area contributed by atoms with E-state index in [4.69, 9.17) is 11.6 Å². The number of amides is 1. The molecule has 0 bridgehead atoms. The number of para-hydroxylation sites is 1. The number of aromatic nitrogens is 3. The van der Waals surface area contributed by atoms with Crippen LogP contribution < -0.4 is 4.90 Å². The molecule has 166 valence electrons. The van der Waals surface area contributed by atoms with Crippen molar-refractivity contribution in [1.29, 1.82) is 0 Å². The summed E-state index contributed by atoms with van der Waals surface area (Å²) in [5.41, 5.74) is 3.68. The number of halogens is 1. The summed E-state index contributed by atoms with van der Waals surface area (Å²) < 4.78 is 1.63. The molecule has 0 atom stereocenters. The number of aryl methyl sites for hydroxylation is 2. The number of anilines is 1. The molecule has 9 nitrogen and oxygen atoms in total. The highest BCUT2D eigenvalue weighted by atomic mass is 35.5. The van der Waals surface area contributed by atoms with E-state index in [1.165, 1.54) is 12.1 Å². The number of nitrogens with zero attached hydrogens (tertiary/aromatic N) is 6. The molecule has 0 aliphatic carbocycles. The fourth-order valence-electron chi connectivity index (χ4n) is 3.95. The standard InChI is InChI=1S/C22H23ClN6O3/c1-3-16-6-4-5-7-19(16)28-21(15(2)24-25-28)22(30)27-12-10-26(11-13-27)20-9-8-17(29(31)32)14-18(20)23/h4-9,14H,3,10-13H2,1-2H3. The smallest absolute Gasteiger partial charge is 0.274 e. The molecule has 0 spiro atoms. The predicted octanol–water partition coefficient (Wildman–Crippen LogP) is 3.66. The summed E-state index contributed by atoms with van der Waals surface area (Å²) in [6.07, 6.45) is 0.817. The third-order valence-electron chi connectivity index (χ3n) is 5.69. The van der Waals surface area contributed by atoms with Gasteiger partial charge in [0, 0.05) is 38.3 Å². The van der Waals surface area contributed by atoms with E-state index in [0.717, 1.165) is 23.4 Å². The Morgan fingerprint density at radius 3 is 2.50 bits per heavy atom. The Labute approximate surface area is 190 Å². The summed E-state index contributed by atoms with van der Waals surface area (Å²) in [5, 5.41) is 19.7. The lowest BCUT2D eigenvalue weighted by Gasteiger charge is -2.36. The van der Waals surface area contributed by atoms with Crippen LogP contribution in [0.3, 0.4) is 0 Å². The van der Waals surface area contributed by atoms with Gasteiger partial charge >= 0.3 is 0 Å². The molecule has 1 amide bonds. The Kier molecular flexibility index (Phi) is 6.09. The lowest BCUT2D eigenvalue weighted by atomic mass is 10.1. The van der Waals surface area contributed by atoms with Gasteiger partial charge in [-0.15, -0.1) is 5.10 Å². The molecule has 4 rings (SSSR count). The van der Waals surface area contributed by atoms with Crippen LogP contribution in [0.5, 0.6) is 0 Å². The van der Waals surface area contributed by atoms with Crippen molar-refractivity contribution in [3.63, 3.8) is 0 Å². The average molecular weight is 455 g/mol. The molecule has 0 saturated carbocycles. The van der Waals surface area contributed by atoms with E-state index in [-0.39, 0.29) is 11.6 Å². The monoisotopic (exact) mass is 454 g/mol. The van der Waals surface area contributed by atoms with Crippen molar-refractivity contribution in [3.05, 3.63) is 74.6 Å². The fourth-order valence-corrected chi connectivity index (χ4v) is 4.25. The topological polar surface area (TPSA) is 97.4 Å². The summed E-state index contributed by atoms with van der Waals surface area (Å²) in [4.78, 5) is 27.7. The first kappa shape index (κ1) is 21.8. The van der Waals surface area contributed by atoms with Gasteiger partial charge in [0.05, 0.1) is 27.0 Å². The first-order valence-corrected chi connectivity index (χ1v) is 10.8. The average Bonchev–Trinajstić information content (AvgIpc) is 3.19. The predicted molar refractivity (Wildman–Crippen MR) is 122 cm³/mol. The number of non-ortho nitro benzene ring substituents is 1. The normalized spacial score (nSPS) is 14.0. The number of carbonyl (C=O) groups is 1. The van der Waals surface area contributed by atoms with Crippen molar-refractivity contribution in [1.82, 2.24) is 19.9 Å². The van der Waals surface area contributed by atoms with E-state index in [1.807, 2.05) is 29.2 Å². The summed E-state index contributed by atoms with van der Waals surface area (Å²) in [7, 11) is 0. The SMILES string of the molecule is CCc1ccccc1-n1nnc(C)c1C(=O)N1CCN(c2ccc([N+](=O)[O-])cc2Cl)CC1. The zero-order valence-corrected chi connectivity index (χ0v) is 18.6. The summed E-state index contributed by atoms with van der Waals surface area (Å²) in [6.45, 7) is 5.97. The van der Waals surface area contributed by atoms with Crippen LogP contribution in [0.1, 0.15) is 28.7 Å². The molecule has 1 aliphatic rings. The van der Waals surface area contributed by atoms with E-state index < -0.39 is 4.92 Å². The van der Waals surface area contributed by atoms with Gasteiger partial charge in [0.1, 0.15) is 0 Å². The van der Waals surface area contributed by atoms with Gasteiger partial charge in [-0.3, -0.25) is 14.9 Å². The highest BCUT2D eigenvalue weighted by Crippen LogP contribution is 2.30. The third kappa shape index (κ3) is 4.03. The molecule has 1 fully saturated rings. The molecular formula is C22H23ClN6O3. The van der Waals surface area contributed by atoms with Crippen LogP contribution in [0.4, 0.5) is 11.4 Å². The highest BCUT2D eigenvalue weighted by molar-refractivity contribution is 6.33. The first-order valence-electron chi connectivity index (χ1n) is 10.4. The molecule has 0 N–H and O–H groups in total. The van der Waals surface area contributed by atoms with Crippen molar-refractivity contribution in [2.24, 2.45) is 0 Å². The van der Waals surface area contributed by atoms with Gasteiger partial charge in [0.2, 0.25) is 0 Å². The zero-order chi connectivity index (χ0) is 22.8. The third-order valence-corrected chi connectivity index (χ3v) is 5.99. The van der Waals surface area contributed by atoms with Crippen LogP contribution in [0.15, 0.2) is 42.5 Å². The van der Waals surface area contributed by atoms with E-state index in [0.29, 0.717) is 42.6 Å². The highest BCUT2D eigenvalue weighted by Gasteiger charge is 2.28. The number of nitro groups is 1. The Morgan fingerprint density at radius 2 is 1.84 bits per heavy atom. The second-order valence-corrected chi connectivity index (χ2v) is 8.00. The van der Waals surface area contributed by atoms with Crippen LogP contribution >= 0.6 is 11.6 Å². The maximum absolute atomic E-state index is 13.4. The van der Waals surface area contributed by atoms with E-state index in [2.05, 4.69) is 17.2 Å². The molecule has 2 aromatic carbocycles. The number of hydrogen-bond acceptors (Lipinski definition) is 6. The largest absolute Gasteiger partial charge is 0.367 e. The minimum absolute atomic E-state index is 0.0452. The molecule has 32 heavy (non-hydrogen) atoms. The number of rotatable bonds is 5. The molecule has 1 saturated heterocycles. The summed E-state index contributed by atoms with van der Waals surface area (Å²) in [6, 6.07) is 12.3. The van der Waals surface area contributed by atoms with Gasteiger partial charge in [0.25, 0.3) is 11.6 Å². The van der Waals surface area contributed by atoms with Gasteiger partial charge in [-0.25, -0.2) is 4.68 Å². The lowest BCUT2D eigenvalue weighted by molar-refractivity contribution is -0.384. The van der Waals surface area contributed by atoms with Gasteiger partial charge in [-0.2, -0.15) is 0 Å². The molecule has 1 aliphatic heterocycles. The minimum Gasteiger partial charge on any atom is -0.367 e. The number of nitro benzene ring substituents is 1. The van der Waals surface area contributed by atoms with E-state index in [9.17, 15) is 14.9 Å². The van der Waals surface area contributed by atoms with E-state index in [1.54, 1.807) is 22.6 Å². The van der Waals surface area contributed by atoms with Gasteiger partial charge < -0.3 is 9.80 Å². The van der Waals surface area contributed by atoms with Gasteiger partial charge in [0.15, 0.2) is 5.69 Å². The maximum Gasteiger partial charge on any atom is 0.274 e. The molecule has 0 radical (unpaired) electrons. The fraction of sp³-hybridized carbons (Fsp3) is 0.318. The molecular weight excluding hydrogens is 432 g/mol. The number of piperazine rings is 1. The second-order valence-electron chi connectivity index (χ2n) is 7.59. The van der Waals surface area contributed by atoms with Gasteiger partial charge in [-0.1, -0.05) is 41.9 Å². The molecule has 2 heterocycles. The van der Waals surface area contributed by atoms with Gasteiger partial charge in [-0.05, 0) is 31.0 Å². The molecule has 3 aromatic rings. The number of carbonyl (C=O) groups excluding carboxylic acids is 1. The lowest BCUT2D eigenvalue weighted by Crippen LogP contribution is -2.49. The Morgan fingerprint density at radius 1 is 1.12 bits per heavy atom. The van der Waals surface area contributed by atoms with Crippen molar-refractivity contribution in [3.8, 4) is 5.69 Å². The Balaban J connectivity index is 1.53. The van der Waals surface area contributed by atoms with Crippen molar-refractivity contribution < 1.29 is 9.72 Å². The summed E-state index contributed by atoms with van der Waals surface area (Å²) in [5.74, 6) is -0.118. The summed E-state index contributed by atoms with van der Waals surface area (Å²) >= 11 is 6.28. The maximum atomic E-state index is 13.4. The van der Waals surface area contributed by atoms with Crippen molar-refractivity contribution in [2.75, 3.05) is 31.1 Å². The molecule has 1 aromatic heterocycles. The first-order chi connectivity index (χ1) is 15.4. The number of hydrogen-bond donors (Lipinski definition) is 0. The zero-order valence-electron chi connectivity index (χ0n) is 17.9. The van der Waals surface area contributed by atoms with Crippen LogP contribution in [0.25, 0.3) is 5.69 Å². The Bertz CT molecular complexity index is 1170. The van der Waals surface area contributed by atoms with Crippen LogP contribution in [0.2, 0.25) is 5.02 Å². The Hall–Kier alpha value is -3.46. The van der Waals surface area contributed by atoms with Crippen LogP contribution in [-0.2, 0) is 6.42 Å². The van der Waals surface area contributed by atoms with E-state index >= 15 is 0 Å². The van der Waals surface area contributed by atoms with Crippen LogP contribution in [0, 0.1) is 17.0 Å². The van der Waals surface area contributed by atoms with Crippen LogP contribution in [-0.4, -0.2) is 56.9 Å². The minimum atomic E-state index is -0.470. The molecule has 10 heteroatoms. The number of benzene rings is 2. The van der Waals surface area contributed by atoms with Crippen molar-refractivity contribution >= 4 is 28.9 Å². The van der Waals surface area contributed by atoms with Crippen molar-refractivity contribution in [2.45, 2.75) is 20.3 Å².